The highest BCUT2D eigenvalue weighted by molar-refractivity contribution is 7.89. The fourth-order valence-corrected chi connectivity index (χ4v) is 3.83. The van der Waals surface area contributed by atoms with Crippen molar-refractivity contribution in [1.82, 2.24) is 10.0 Å². The highest BCUT2D eigenvalue weighted by atomic mass is 35.5. The van der Waals surface area contributed by atoms with E-state index in [0.29, 0.717) is 12.5 Å². The number of piperidine rings is 1. The zero-order valence-electron chi connectivity index (χ0n) is 14.4. The molecular formula is C16H25ClN2O5S. The van der Waals surface area contributed by atoms with Crippen LogP contribution in [0.15, 0.2) is 23.1 Å². The van der Waals surface area contributed by atoms with Gasteiger partial charge in [0.2, 0.25) is 10.0 Å². The van der Waals surface area contributed by atoms with Crippen molar-refractivity contribution < 1.29 is 22.7 Å². The maximum atomic E-state index is 12.4. The Labute approximate surface area is 154 Å². The maximum absolute atomic E-state index is 12.4. The van der Waals surface area contributed by atoms with Crippen LogP contribution in [-0.4, -0.2) is 48.2 Å². The number of sulfonamides is 1. The van der Waals surface area contributed by atoms with Crippen molar-refractivity contribution in [3.05, 3.63) is 23.8 Å². The third kappa shape index (κ3) is 5.85. The fourth-order valence-electron chi connectivity index (χ4n) is 2.77. The molecule has 0 aliphatic carbocycles. The number of rotatable bonds is 7. The summed E-state index contributed by atoms with van der Waals surface area (Å²) in [5.74, 6) is 0.0902. The summed E-state index contributed by atoms with van der Waals surface area (Å²) in [5, 5.41) is 3.31. The second-order valence-electron chi connectivity index (χ2n) is 5.75. The lowest BCUT2D eigenvalue weighted by molar-refractivity contribution is 0.0597. The summed E-state index contributed by atoms with van der Waals surface area (Å²) in [7, 11) is -1.01. The molecule has 25 heavy (non-hydrogen) atoms. The number of methoxy groups -OCH3 is 2. The lowest BCUT2D eigenvalue weighted by Gasteiger charge is -2.22. The summed E-state index contributed by atoms with van der Waals surface area (Å²) >= 11 is 0. The second-order valence-corrected chi connectivity index (χ2v) is 7.52. The second kappa shape index (κ2) is 9.96. The zero-order valence-corrected chi connectivity index (χ0v) is 16.0. The third-order valence-corrected chi connectivity index (χ3v) is 5.59. The molecule has 1 aromatic rings. The largest absolute Gasteiger partial charge is 0.496 e. The van der Waals surface area contributed by atoms with E-state index in [4.69, 9.17) is 4.74 Å². The Morgan fingerprint density at radius 1 is 1.36 bits per heavy atom. The van der Waals surface area contributed by atoms with Crippen molar-refractivity contribution in [2.24, 2.45) is 5.92 Å². The van der Waals surface area contributed by atoms with Crippen LogP contribution < -0.4 is 14.8 Å². The third-order valence-electron chi connectivity index (χ3n) is 4.13. The summed E-state index contributed by atoms with van der Waals surface area (Å²) in [6.07, 6.45) is 3.05. The van der Waals surface area contributed by atoms with Gasteiger partial charge in [-0.3, -0.25) is 0 Å². The average Bonchev–Trinajstić information content (AvgIpc) is 2.61. The van der Waals surface area contributed by atoms with Gasteiger partial charge in [-0.1, -0.05) is 0 Å². The maximum Gasteiger partial charge on any atom is 0.341 e. The van der Waals surface area contributed by atoms with E-state index in [-0.39, 0.29) is 28.6 Å². The van der Waals surface area contributed by atoms with E-state index in [0.717, 1.165) is 32.4 Å². The molecule has 2 rings (SSSR count). The van der Waals surface area contributed by atoms with E-state index in [9.17, 15) is 13.2 Å². The first-order chi connectivity index (χ1) is 11.5. The molecule has 1 aromatic carbocycles. The number of nitrogens with one attached hydrogen (secondary N) is 2. The molecule has 1 atom stereocenters. The van der Waals surface area contributed by atoms with Gasteiger partial charge in [-0.25, -0.2) is 17.9 Å². The summed E-state index contributed by atoms with van der Waals surface area (Å²) in [4.78, 5) is 11.7. The molecule has 0 radical (unpaired) electrons. The molecule has 0 spiro atoms. The topological polar surface area (TPSA) is 93.7 Å². The van der Waals surface area contributed by atoms with Crippen molar-refractivity contribution in [2.75, 3.05) is 33.9 Å². The Morgan fingerprint density at radius 2 is 2.12 bits per heavy atom. The lowest BCUT2D eigenvalue weighted by Crippen LogP contribution is -2.33. The highest BCUT2D eigenvalue weighted by Gasteiger charge is 2.20. The number of benzene rings is 1. The molecule has 1 saturated heterocycles. The number of esters is 1. The first-order valence-corrected chi connectivity index (χ1v) is 9.43. The van der Waals surface area contributed by atoms with Gasteiger partial charge < -0.3 is 14.8 Å². The van der Waals surface area contributed by atoms with Crippen LogP contribution in [0.25, 0.3) is 0 Å². The Balaban J connectivity index is 0.00000312. The van der Waals surface area contributed by atoms with Crippen molar-refractivity contribution >= 4 is 28.4 Å². The molecule has 9 heteroatoms. The summed E-state index contributed by atoms with van der Waals surface area (Å²) in [6, 6.07) is 4.10. The van der Waals surface area contributed by atoms with Gasteiger partial charge in [0.05, 0.1) is 19.1 Å². The molecule has 1 aliphatic heterocycles. The molecule has 0 amide bonds. The summed E-state index contributed by atoms with van der Waals surface area (Å²) in [5.41, 5.74) is 0.187. The normalized spacial score (nSPS) is 17.4. The predicted octanol–water partition coefficient (Wildman–Crippen LogP) is 1.57. The molecule has 0 saturated carbocycles. The number of carbonyl (C=O) groups excluding carboxylic acids is 1. The van der Waals surface area contributed by atoms with Crippen LogP contribution in [0.2, 0.25) is 0 Å². The molecule has 0 bridgehead atoms. The Bertz CT molecular complexity index is 675. The summed E-state index contributed by atoms with van der Waals surface area (Å²) in [6.45, 7) is 2.35. The van der Waals surface area contributed by atoms with Gasteiger partial charge in [-0.05, 0) is 50.4 Å². The predicted molar refractivity (Wildman–Crippen MR) is 97.0 cm³/mol. The number of carbonyl (C=O) groups is 1. The van der Waals surface area contributed by atoms with E-state index in [1.54, 1.807) is 0 Å². The van der Waals surface area contributed by atoms with Crippen LogP contribution in [0.3, 0.4) is 0 Å². The van der Waals surface area contributed by atoms with Gasteiger partial charge in [-0.15, -0.1) is 12.4 Å². The van der Waals surface area contributed by atoms with Crippen LogP contribution in [-0.2, 0) is 14.8 Å². The quantitative estimate of drug-likeness (QED) is 0.684. The number of ether oxygens (including phenoxy) is 2. The van der Waals surface area contributed by atoms with Crippen LogP contribution in [0.4, 0.5) is 0 Å². The van der Waals surface area contributed by atoms with Crippen molar-refractivity contribution in [1.29, 1.82) is 0 Å². The number of halogens is 1. The van der Waals surface area contributed by atoms with Crippen molar-refractivity contribution in [2.45, 2.75) is 24.2 Å². The first kappa shape index (κ1) is 21.7. The molecule has 7 nitrogen and oxygen atoms in total. The van der Waals surface area contributed by atoms with Gasteiger partial charge >= 0.3 is 5.97 Å². The Hall–Kier alpha value is -1.35. The van der Waals surface area contributed by atoms with E-state index < -0.39 is 16.0 Å². The average molecular weight is 393 g/mol. The van der Waals surface area contributed by atoms with Crippen LogP contribution in [0, 0.1) is 5.92 Å². The van der Waals surface area contributed by atoms with E-state index >= 15 is 0 Å². The van der Waals surface area contributed by atoms with E-state index in [1.807, 2.05) is 0 Å². The molecule has 142 valence electrons. The standard InChI is InChI=1S/C16H24N2O5S.ClH/c1-22-15-10-13(5-6-14(15)16(19)23-2)24(20,21)18-9-7-12-4-3-8-17-11-12;/h5-6,10,12,17-18H,3-4,7-9,11H2,1-2H3;1H. The first-order valence-electron chi connectivity index (χ1n) is 7.94. The van der Waals surface area contributed by atoms with Crippen LogP contribution in [0.1, 0.15) is 29.6 Å². The monoisotopic (exact) mass is 392 g/mol. The summed E-state index contributed by atoms with van der Waals surface area (Å²) < 4.78 is 37.1. The van der Waals surface area contributed by atoms with Gasteiger partial charge in [0.15, 0.2) is 0 Å². The molecule has 1 fully saturated rings. The smallest absolute Gasteiger partial charge is 0.341 e. The zero-order chi connectivity index (χ0) is 17.6. The Kier molecular flexibility index (Phi) is 8.64. The molecule has 1 heterocycles. The fraction of sp³-hybridized carbons (Fsp3) is 0.562. The minimum Gasteiger partial charge on any atom is -0.496 e. The van der Waals surface area contributed by atoms with E-state index in [2.05, 4.69) is 14.8 Å². The lowest BCUT2D eigenvalue weighted by atomic mass is 9.96. The van der Waals surface area contributed by atoms with Crippen LogP contribution in [0.5, 0.6) is 5.75 Å². The molecule has 1 unspecified atom stereocenters. The molecular weight excluding hydrogens is 368 g/mol. The number of hydrogen-bond acceptors (Lipinski definition) is 6. The molecule has 0 aromatic heterocycles. The SMILES string of the molecule is COC(=O)c1ccc(S(=O)(=O)NCCC2CCCNC2)cc1OC.Cl. The molecule has 1 aliphatic rings. The molecule has 2 N–H and O–H groups in total. The minimum absolute atomic E-state index is 0. The number of hydrogen-bond donors (Lipinski definition) is 2. The highest BCUT2D eigenvalue weighted by Crippen LogP contribution is 2.23. The van der Waals surface area contributed by atoms with Gasteiger partial charge in [0.25, 0.3) is 0 Å². The van der Waals surface area contributed by atoms with Gasteiger partial charge in [0.1, 0.15) is 11.3 Å². The van der Waals surface area contributed by atoms with E-state index in [1.165, 1.54) is 32.4 Å². The minimum atomic E-state index is -3.65. The van der Waals surface area contributed by atoms with Gasteiger partial charge in [-0.2, -0.15) is 0 Å². The van der Waals surface area contributed by atoms with Crippen LogP contribution >= 0.6 is 12.4 Å². The van der Waals surface area contributed by atoms with Crippen molar-refractivity contribution in [3.63, 3.8) is 0 Å². The Morgan fingerprint density at radius 3 is 2.72 bits per heavy atom. The van der Waals surface area contributed by atoms with Crippen molar-refractivity contribution in [3.8, 4) is 5.75 Å². The van der Waals surface area contributed by atoms with Gasteiger partial charge in [0, 0.05) is 12.6 Å².